The van der Waals surface area contributed by atoms with Crippen LogP contribution in [0, 0.1) is 11.5 Å². The molecule has 0 heterocycles. The Bertz CT molecular complexity index is 678. The molecule has 0 radical (unpaired) electrons. The van der Waals surface area contributed by atoms with Crippen molar-refractivity contribution in [1.29, 1.82) is 5.26 Å². The van der Waals surface area contributed by atoms with Crippen molar-refractivity contribution in [2.24, 2.45) is 4.99 Å². The lowest BCUT2D eigenvalue weighted by Gasteiger charge is -2.08. The molecule has 23 heavy (non-hydrogen) atoms. The summed E-state index contributed by atoms with van der Waals surface area (Å²) in [6.45, 7) is 2.79. The predicted molar refractivity (Wildman–Crippen MR) is 89.8 cm³/mol. The van der Waals surface area contributed by atoms with Gasteiger partial charge in [-0.3, -0.25) is 0 Å². The zero-order chi connectivity index (χ0) is 16.3. The number of para-hydroxylation sites is 1. The van der Waals surface area contributed by atoms with Gasteiger partial charge in [-0.1, -0.05) is 37.6 Å². The number of amidine groups is 1. The van der Waals surface area contributed by atoms with Crippen molar-refractivity contribution < 1.29 is 9.47 Å². The lowest BCUT2D eigenvalue weighted by atomic mass is 10.3. The summed E-state index contributed by atoms with van der Waals surface area (Å²) in [5.74, 6) is 1.35. The van der Waals surface area contributed by atoms with Gasteiger partial charge in [-0.05, 0) is 30.7 Å². The van der Waals surface area contributed by atoms with E-state index in [0.29, 0.717) is 18.0 Å². The highest BCUT2D eigenvalue weighted by Crippen LogP contribution is 2.21. The summed E-state index contributed by atoms with van der Waals surface area (Å²) in [6.07, 6.45) is 3.92. The summed E-state index contributed by atoms with van der Waals surface area (Å²) in [5, 5.41) is 11.3. The summed E-state index contributed by atoms with van der Waals surface area (Å²) < 4.78 is 11.2. The van der Waals surface area contributed by atoms with E-state index in [9.17, 15) is 0 Å². The minimum Gasteiger partial charge on any atom is -0.494 e. The highest BCUT2D eigenvalue weighted by Gasteiger charge is 2.03. The van der Waals surface area contributed by atoms with Crippen LogP contribution >= 0.6 is 0 Å². The molecule has 0 saturated heterocycles. The van der Waals surface area contributed by atoms with Gasteiger partial charge in [-0.15, -0.1) is 0 Å². The van der Waals surface area contributed by atoms with Crippen molar-refractivity contribution in [2.45, 2.75) is 19.8 Å². The minimum atomic E-state index is 0.115. The van der Waals surface area contributed by atoms with Crippen LogP contribution in [0.3, 0.4) is 0 Å². The average molecular weight is 309 g/mol. The fraction of sp³-hybridized carbons (Fsp3) is 0.222. The van der Waals surface area contributed by atoms with E-state index in [1.54, 1.807) is 12.1 Å². The smallest absolute Gasteiger partial charge is 0.309 e. The molecule has 0 aliphatic carbocycles. The molecule has 1 N–H and O–H groups in total. The van der Waals surface area contributed by atoms with Crippen molar-refractivity contribution in [2.75, 3.05) is 6.61 Å². The van der Waals surface area contributed by atoms with Crippen LogP contribution < -0.4 is 14.8 Å². The van der Waals surface area contributed by atoms with Gasteiger partial charge in [0, 0.05) is 6.07 Å². The minimum absolute atomic E-state index is 0.115. The average Bonchev–Trinajstić information content (AvgIpc) is 2.57. The van der Waals surface area contributed by atoms with E-state index in [1.165, 1.54) is 0 Å². The SMILES string of the molecule is CCCCOc1cccc(N=C(NC#N)Oc2ccccc2)c1. The molecule has 5 nitrogen and oxygen atoms in total. The summed E-state index contributed by atoms with van der Waals surface area (Å²) in [4.78, 5) is 4.31. The molecule has 0 saturated carbocycles. The topological polar surface area (TPSA) is 66.6 Å². The zero-order valence-corrected chi connectivity index (χ0v) is 13.0. The molecule has 0 unspecified atom stereocenters. The number of nitrogens with one attached hydrogen (secondary N) is 1. The number of rotatable bonds is 6. The molecule has 0 atom stereocenters. The van der Waals surface area contributed by atoms with Crippen molar-refractivity contribution >= 4 is 11.7 Å². The molecule has 0 spiro atoms. The second kappa shape index (κ2) is 9.11. The maximum absolute atomic E-state index is 8.84. The van der Waals surface area contributed by atoms with E-state index in [4.69, 9.17) is 14.7 Å². The zero-order valence-electron chi connectivity index (χ0n) is 13.0. The first kappa shape index (κ1) is 16.4. The highest BCUT2D eigenvalue weighted by molar-refractivity contribution is 5.80. The second-order valence-electron chi connectivity index (χ2n) is 4.77. The number of hydrogen-bond donors (Lipinski definition) is 1. The van der Waals surface area contributed by atoms with Crippen LogP contribution in [-0.2, 0) is 0 Å². The Balaban J connectivity index is 2.12. The lowest BCUT2D eigenvalue weighted by molar-refractivity contribution is 0.309. The quantitative estimate of drug-likeness (QED) is 0.288. The molecule has 0 aliphatic heterocycles. The molecule has 5 heteroatoms. The van der Waals surface area contributed by atoms with Crippen LogP contribution in [0.4, 0.5) is 5.69 Å². The number of aliphatic imine (C=N–C) groups is 1. The van der Waals surface area contributed by atoms with Gasteiger partial charge >= 0.3 is 6.02 Å². The Morgan fingerprint density at radius 3 is 2.65 bits per heavy atom. The standard InChI is InChI=1S/C18H19N3O2/c1-2-3-12-22-17-11-7-8-15(13-17)21-18(20-14-19)23-16-9-5-4-6-10-16/h4-11,13H,2-3,12H2,1H3,(H,20,21). The summed E-state index contributed by atoms with van der Waals surface area (Å²) in [7, 11) is 0. The molecule has 0 fully saturated rings. The van der Waals surface area contributed by atoms with Crippen LogP contribution in [0.2, 0.25) is 0 Å². The van der Waals surface area contributed by atoms with Crippen LogP contribution in [0.1, 0.15) is 19.8 Å². The monoisotopic (exact) mass is 309 g/mol. The highest BCUT2D eigenvalue weighted by atomic mass is 16.5. The van der Waals surface area contributed by atoms with Crippen LogP contribution in [0.15, 0.2) is 59.6 Å². The maximum atomic E-state index is 8.84. The van der Waals surface area contributed by atoms with Crippen molar-refractivity contribution in [1.82, 2.24) is 5.32 Å². The van der Waals surface area contributed by atoms with E-state index in [0.717, 1.165) is 18.6 Å². The first-order chi connectivity index (χ1) is 11.3. The second-order valence-corrected chi connectivity index (χ2v) is 4.77. The molecular formula is C18H19N3O2. The van der Waals surface area contributed by atoms with E-state index in [1.807, 2.05) is 48.7 Å². The van der Waals surface area contributed by atoms with Crippen LogP contribution in [-0.4, -0.2) is 12.6 Å². The molecule has 0 aromatic heterocycles. The number of benzene rings is 2. The third-order valence-corrected chi connectivity index (χ3v) is 2.94. The maximum Gasteiger partial charge on any atom is 0.309 e. The van der Waals surface area contributed by atoms with Gasteiger partial charge < -0.3 is 9.47 Å². The first-order valence-electron chi connectivity index (χ1n) is 7.51. The van der Waals surface area contributed by atoms with E-state index in [2.05, 4.69) is 17.2 Å². The van der Waals surface area contributed by atoms with E-state index >= 15 is 0 Å². The Morgan fingerprint density at radius 2 is 1.91 bits per heavy atom. The molecule has 2 rings (SSSR count). The number of nitrogens with zero attached hydrogens (tertiary/aromatic N) is 2. The summed E-state index contributed by atoms with van der Waals surface area (Å²) >= 11 is 0. The summed E-state index contributed by atoms with van der Waals surface area (Å²) in [6, 6.07) is 16.6. The molecule has 0 amide bonds. The number of unbranched alkanes of at least 4 members (excludes halogenated alkanes) is 1. The third kappa shape index (κ3) is 5.71. The molecule has 118 valence electrons. The third-order valence-electron chi connectivity index (χ3n) is 2.94. The van der Waals surface area contributed by atoms with E-state index in [-0.39, 0.29) is 6.02 Å². The molecular weight excluding hydrogens is 290 g/mol. The largest absolute Gasteiger partial charge is 0.494 e. The number of hydrogen-bond acceptors (Lipinski definition) is 4. The predicted octanol–water partition coefficient (Wildman–Crippen LogP) is 4.00. The molecule has 2 aromatic rings. The van der Waals surface area contributed by atoms with Gasteiger partial charge in [0.1, 0.15) is 11.5 Å². The molecule has 0 bridgehead atoms. The Labute approximate surface area is 136 Å². The Morgan fingerprint density at radius 1 is 1.13 bits per heavy atom. The van der Waals surface area contributed by atoms with Crippen LogP contribution in [0.25, 0.3) is 0 Å². The van der Waals surface area contributed by atoms with Crippen molar-refractivity contribution in [3.63, 3.8) is 0 Å². The Kier molecular flexibility index (Phi) is 6.48. The van der Waals surface area contributed by atoms with Crippen LogP contribution in [0.5, 0.6) is 11.5 Å². The van der Waals surface area contributed by atoms with Gasteiger partial charge in [-0.2, -0.15) is 10.3 Å². The van der Waals surface area contributed by atoms with Gasteiger partial charge in [0.25, 0.3) is 0 Å². The lowest BCUT2D eigenvalue weighted by Crippen LogP contribution is -2.23. The van der Waals surface area contributed by atoms with Crippen molar-refractivity contribution in [3.8, 4) is 17.7 Å². The van der Waals surface area contributed by atoms with Gasteiger partial charge in [-0.25, -0.2) is 5.32 Å². The van der Waals surface area contributed by atoms with E-state index < -0.39 is 0 Å². The fourth-order valence-corrected chi connectivity index (χ4v) is 1.82. The summed E-state index contributed by atoms with van der Waals surface area (Å²) in [5.41, 5.74) is 0.646. The van der Waals surface area contributed by atoms with Crippen molar-refractivity contribution in [3.05, 3.63) is 54.6 Å². The number of ether oxygens (including phenoxy) is 2. The van der Waals surface area contributed by atoms with Gasteiger partial charge in [0.05, 0.1) is 12.3 Å². The number of nitriles is 1. The Hall–Kier alpha value is -3.00. The van der Waals surface area contributed by atoms with Gasteiger partial charge in [0.2, 0.25) is 0 Å². The van der Waals surface area contributed by atoms with Gasteiger partial charge in [0.15, 0.2) is 6.19 Å². The fourth-order valence-electron chi connectivity index (χ4n) is 1.82. The molecule has 2 aromatic carbocycles. The first-order valence-corrected chi connectivity index (χ1v) is 7.51. The normalized spacial score (nSPS) is 10.7. The molecule has 0 aliphatic rings.